The zero-order valence-corrected chi connectivity index (χ0v) is 18.1. The maximum atomic E-state index is 13.5. The normalized spacial score (nSPS) is 21.5. The van der Waals surface area contributed by atoms with Gasteiger partial charge in [-0.25, -0.2) is 9.40 Å². The molecule has 1 amide bonds. The molecule has 2 heterocycles. The van der Waals surface area contributed by atoms with Gasteiger partial charge in [0, 0.05) is 18.1 Å². The van der Waals surface area contributed by atoms with E-state index in [0.29, 0.717) is 21.3 Å². The molecule has 0 aromatic heterocycles. The highest BCUT2D eigenvalue weighted by molar-refractivity contribution is 6.41. The van der Waals surface area contributed by atoms with E-state index >= 15 is 0 Å². The molecule has 2 aliphatic heterocycles. The van der Waals surface area contributed by atoms with Crippen LogP contribution < -0.4 is 10.4 Å². The highest BCUT2D eigenvalue weighted by Crippen LogP contribution is 2.42. The van der Waals surface area contributed by atoms with Crippen LogP contribution in [-0.2, 0) is 4.79 Å². The van der Waals surface area contributed by atoms with Crippen molar-refractivity contribution in [3.8, 4) is 6.07 Å². The van der Waals surface area contributed by atoms with Gasteiger partial charge in [0.25, 0.3) is 5.91 Å². The minimum absolute atomic E-state index is 0.0911. The lowest BCUT2D eigenvalue weighted by Crippen LogP contribution is -2.48. The summed E-state index contributed by atoms with van der Waals surface area (Å²) in [4.78, 5) is 13.1. The summed E-state index contributed by atoms with van der Waals surface area (Å²) < 4.78 is 13.5. The molecule has 0 aliphatic carbocycles. The number of hydrogen-bond acceptors (Lipinski definition) is 5. The monoisotopic (exact) mass is 459 g/mol. The molecule has 2 aromatic carbocycles. The number of rotatable bonds is 4. The van der Waals surface area contributed by atoms with E-state index in [9.17, 15) is 14.4 Å². The second-order valence-corrected chi connectivity index (χ2v) is 8.36. The number of nitriles is 1. The Morgan fingerprint density at radius 3 is 2.48 bits per heavy atom. The van der Waals surface area contributed by atoms with Gasteiger partial charge in [-0.05, 0) is 48.7 Å². The number of halogens is 3. The number of piperidine rings is 1. The Morgan fingerprint density at radius 1 is 1.13 bits per heavy atom. The van der Waals surface area contributed by atoms with E-state index in [1.54, 1.807) is 35.3 Å². The molecule has 6 nitrogen and oxygen atoms in total. The van der Waals surface area contributed by atoms with Crippen molar-refractivity contribution in [2.24, 2.45) is 11.0 Å². The summed E-state index contributed by atoms with van der Waals surface area (Å²) in [7, 11) is 0. The van der Waals surface area contributed by atoms with Crippen LogP contribution in [0.15, 0.2) is 47.6 Å². The van der Waals surface area contributed by atoms with E-state index in [1.807, 2.05) is 5.01 Å². The molecule has 0 saturated carbocycles. The summed E-state index contributed by atoms with van der Waals surface area (Å²) >= 11 is 12.4. The van der Waals surface area contributed by atoms with Gasteiger partial charge in [-0.3, -0.25) is 15.2 Å². The topological polar surface area (TPSA) is 71.7 Å². The molecule has 1 saturated heterocycles. The summed E-state index contributed by atoms with van der Waals surface area (Å²) in [6.45, 7) is 1.51. The van der Waals surface area contributed by atoms with Crippen LogP contribution in [-0.4, -0.2) is 29.7 Å². The number of nitrogens with zero attached hydrogens (tertiary/aromatic N) is 4. The zero-order chi connectivity index (χ0) is 22.0. The summed E-state index contributed by atoms with van der Waals surface area (Å²) in [5.74, 6) is -1.69. The van der Waals surface area contributed by atoms with Gasteiger partial charge in [0.1, 0.15) is 17.4 Å². The molecule has 0 bridgehead atoms. The standard InChI is InChI=1S/C22H20Cl2FN5O/c23-15-6-9-19(18(24)12-15)30-21(14-4-7-16(25)8-5-14)17(13-26)20(27-30)22(31)28-29-10-2-1-3-11-29/h4-9,12,17,21H,1-3,10-11H2,(H,28,31). The van der Waals surface area contributed by atoms with Crippen molar-refractivity contribution >= 4 is 40.5 Å². The Labute approximate surface area is 189 Å². The van der Waals surface area contributed by atoms with E-state index in [0.717, 1.165) is 32.4 Å². The van der Waals surface area contributed by atoms with Crippen LogP contribution >= 0.6 is 23.2 Å². The summed E-state index contributed by atoms with van der Waals surface area (Å²) in [6, 6.07) is 12.3. The average Bonchev–Trinajstić information content (AvgIpc) is 3.14. The van der Waals surface area contributed by atoms with Crippen LogP contribution in [0, 0.1) is 23.1 Å². The molecular weight excluding hydrogens is 440 g/mol. The van der Waals surface area contributed by atoms with Crippen LogP contribution in [0.3, 0.4) is 0 Å². The predicted molar refractivity (Wildman–Crippen MR) is 118 cm³/mol. The first-order valence-corrected chi connectivity index (χ1v) is 10.8. The van der Waals surface area contributed by atoms with Crippen molar-refractivity contribution in [3.05, 3.63) is 63.9 Å². The van der Waals surface area contributed by atoms with Gasteiger partial charge in [-0.15, -0.1) is 0 Å². The Kier molecular flexibility index (Phi) is 6.42. The molecular formula is C22H20Cl2FN5O. The molecule has 1 N–H and O–H groups in total. The number of hydrazone groups is 1. The minimum Gasteiger partial charge on any atom is -0.284 e. The quantitative estimate of drug-likeness (QED) is 0.718. The van der Waals surface area contributed by atoms with E-state index in [-0.39, 0.29) is 5.71 Å². The van der Waals surface area contributed by atoms with Crippen molar-refractivity contribution in [3.63, 3.8) is 0 Å². The van der Waals surface area contributed by atoms with Gasteiger partial charge in [0.15, 0.2) is 0 Å². The van der Waals surface area contributed by atoms with Crippen LogP contribution in [0.4, 0.5) is 10.1 Å². The van der Waals surface area contributed by atoms with Gasteiger partial charge < -0.3 is 0 Å². The van der Waals surface area contributed by atoms with Gasteiger partial charge in [-0.2, -0.15) is 10.4 Å². The number of anilines is 1. The fraction of sp³-hybridized carbons (Fsp3) is 0.318. The Bertz CT molecular complexity index is 1050. The highest BCUT2D eigenvalue weighted by atomic mass is 35.5. The first-order valence-electron chi connectivity index (χ1n) is 10.0. The van der Waals surface area contributed by atoms with Crippen LogP contribution in [0.1, 0.15) is 30.9 Å². The first kappa shape index (κ1) is 21.6. The Morgan fingerprint density at radius 2 is 1.84 bits per heavy atom. The van der Waals surface area contributed by atoms with Crippen LogP contribution in [0.5, 0.6) is 0 Å². The average molecular weight is 460 g/mol. The number of carbonyl (C=O) groups is 1. The number of amides is 1. The van der Waals surface area contributed by atoms with Crippen molar-refractivity contribution in [1.82, 2.24) is 10.4 Å². The molecule has 2 aliphatic rings. The smallest absolute Gasteiger partial charge is 0.283 e. The van der Waals surface area contributed by atoms with E-state index < -0.39 is 23.7 Å². The maximum absolute atomic E-state index is 13.5. The molecule has 0 radical (unpaired) electrons. The summed E-state index contributed by atoms with van der Waals surface area (Å²) in [6.07, 6.45) is 3.13. The Hall–Kier alpha value is -2.66. The van der Waals surface area contributed by atoms with E-state index in [2.05, 4.69) is 16.6 Å². The first-order chi connectivity index (χ1) is 15.0. The number of hydrogen-bond donors (Lipinski definition) is 1. The van der Waals surface area contributed by atoms with E-state index in [4.69, 9.17) is 23.2 Å². The molecule has 2 aromatic rings. The second-order valence-electron chi connectivity index (χ2n) is 7.52. The number of carbonyl (C=O) groups excluding carboxylic acids is 1. The number of benzene rings is 2. The zero-order valence-electron chi connectivity index (χ0n) is 16.6. The molecule has 4 rings (SSSR count). The molecule has 0 spiro atoms. The molecule has 9 heteroatoms. The molecule has 2 unspecified atom stereocenters. The minimum atomic E-state index is -0.873. The predicted octanol–water partition coefficient (Wildman–Crippen LogP) is 4.71. The third-order valence-electron chi connectivity index (χ3n) is 5.44. The molecule has 2 atom stereocenters. The van der Waals surface area contributed by atoms with Crippen molar-refractivity contribution in [2.75, 3.05) is 18.1 Å². The SMILES string of the molecule is N#CC1C(C(=O)NN2CCCCC2)=NN(c2ccc(Cl)cc2Cl)C1c1ccc(F)cc1. The summed E-state index contributed by atoms with van der Waals surface area (Å²) in [5.41, 5.74) is 4.11. The maximum Gasteiger partial charge on any atom is 0.283 e. The van der Waals surface area contributed by atoms with Crippen molar-refractivity contribution in [1.29, 1.82) is 5.26 Å². The number of hydrazine groups is 1. The summed E-state index contributed by atoms with van der Waals surface area (Å²) in [5, 5.41) is 18.7. The second kappa shape index (κ2) is 9.23. The van der Waals surface area contributed by atoms with Crippen LogP contribution in [0.25, 0.3) is 0 Å². The lowest BCUT2D eigenvalue weighted by molar-refractivity contribution is -0.119. The molecule has 31 heavy (non-hydrogen) atoms. The lowest BCUT2D eigenvalue weighted by atomic mass is 9.90. The fourth-order valence-corrected chi connectivity index (χ4v) is 4.42. The van der Waals surface area contributed by atoms with Gasteiger partial charge >= 0.3 is 0 Å². The highest BCUT2D eigenvalue weighted by Gasteiger charge is 2.43. The molecule has 160 valence electrons. The fourth-order valence-electron chi connectivity index (χ4n) is 3.92. The van der Waals surface area contributed by atoms with Gasteiger partial charge in [-0.1, -0.05) is 41.8 Å². The van der Waals surface area contributed by atoms with Gasteiger partial charge in [0.2, 0.25) is 0 Å². The van der Waals surface area contributed by atoms with Crippen molar-refractivity contribution < 1.29 is 9.18 Å². The molecule has 1 fully saturated rings. The van der Waals surface area contributed by atoms with E-state index in [1.165, 1.54) is 12.1 Å². The Balaban J connectivity index is 1.73. The van der Waals surface area contributed by atoms with Gasteiger partial charge in [0.05, 0.1) is 22.8 Å². The van der Waals surface area contributed by atoms with Crippen LogP contribution in [0.2, 0.25) is 10.0 Å². The number of nitrogens with one attached hydrogen (secondary N) is 1. The van der Waals surface area contributed by atoms with Crippen molar-refractivity contribution in [2.45, 2.75) is 25.3 Å². The largest absolute Gasteiger partial charge is 0.284 e. The lowest BCUT2D eigenvalue weighted by Gasteiger charge is -2.27. The third kappa shape index (κ3) is 4.52. The third-order valence-corrected chi connectivity index (χ3v) is 5.98.